The van der Waals surface area contributed by atoms with Crippen LogP contribution in [-0.4, -0.2) is 65.1 Å². The number of carbonyl (C=O) groups excluding carboxylic acids is 1. The Hall–Kier alpha value is -3.43. The van der Waals surface area contributed by atoms with Gasteiger partial charge in [0.15, 0.2) is 0 Å². The van der Waals surface area contributed by atoms with Crippen molar-refractivity contribution in [1.82, 2.24) is 14.5 Å². The third-order valence-corrected chi connectivity index (χ3v) is 9.28. The molecule has 1 amide bonds. The van der Waals surface area contributed by atoms with Gasteiger partial charge in [0.25, 0.3) is 5.91 Å². The Labute approximate surface area is 241 Å². The number of carbonyl (C=O) groups is 1. The van der Waals surface area contributed by atoms with Crippen LogP contribution in [0.15, 0.2) is 41.5 Å². The van der Waals surface area contributed by atoms with Gasteiger partial charge in [-0.1, -0.05) is 13.3 Å². The van der Waals surface area contributed by atoms with E-state index < -0.39 is 0 Å². The van der Waals surface area contributed by atoms with Gasteiger partial charge in [-0.05, 0) is 80.7 Å². The van der Waals surface area contributed by atoms with Crippen molar-refractivity contribution in [2.75, 3.05) is 26.9 Å². The van der Waals surface area contributed by atoms with E-state index in [9.17, 15) is 4.79 Å². The van der Waals surface area contributed by atoms with Gasteiger partial charge >= 0.3 is 0 Å². The molecule has 4 N–H and O–H groups in total. The number of amidine groups is 1. The summed E-state index contributed by atoms with van der Waals surface area (Å²) >= 11 is 0. The predicted octanol–water partition coefficient (Wildman–Crippen LogP) is 4.27. The second kappa shape index (κ2) is 11.4. The Morgan fingerprint density at radius 3 is 2.73 bits per heavy atom. The summed E-state index contributed by atoms with van der Waals surface area (Å²) in [4.78, 5) is 25.5. The van der Waals surface area contributed by atoms with E-state index in [4.69, 9.17) is 25.9 Å². The molecule has 2 aliphatic heterocycles. The molecule has 3 aromatic rings. The first-order chi connectivity index (χ1) is 19.9. The van der Waals surface area contributed by atoms with Crippen LogP contribution in [0.2, 0.25) is 0 Å². The van der Waals surface area contributed by atoms with Crippen LogP contribution in [0.1, 0.15) is 61.1 Å². The maximum absolute atomic E-state index is 13.9. The van der Waals surface area contributed by atoms with E-state index in [0.717, 1.165) is 54.7 Å². The highest BCUT2D eigenvalue weighted by Gasteiger charge is 2.39. The van der Waals surface area contributed by atoms with Gasteiger partial charge in [0.2, 0.25) is 0 Å². The molecule has 3 fully saturated rings. The van der Waals surface area contributed by atoms with Crippen LogP contribution in [0.4, 0.5) is 5.69 Å². The van der Waals surface area contributed by atoms with Gasteiger partial charge < -0.3 is 30.4 Å². The van der Waals surface area contributed by atoms with Gasteiger partial charge in [0, 0.05) is 61.1 Å². The van der Waals surface area contributed by atoms with Crippen LogP contribution in [-0.2, 0) is 17.7 Å². The highest BCUT2D eigenvalue weighted by molar-refractivity contribution is 6.02. The first-order valence-corrected chi connectivity index (χ1v) is 15.0. The first-order valence-electron chi connectivity index (χ1n) is 15.0. The van der Waals surface area contributed by atoms with E-state index in [1.807, 2.05) is 36.2 Å². The van der Waals surface area contributed by atoms with Crippen LogP contribution < -0.4 is 16.2 Å². The van der Waals surface area contributed by atoms with E-state index in [1.54, 1.807) is 7.11 Å². The standard InChI is InChI=1S/C32H42N6O3/c1-4-22-17-37(19(2)29(22)33)32(39)24-13-26(25(28(15-24)40-3)12-21-9-11-41-18-21)36-30(34)27-14-23-6-5-10-35-31(23)38(27)16-20-7-8-20/h5-6,10,13-15,19-22,29H,4,7-9,11-12,16-18,33H2,1-3H3,(H2,34,36)/t19?,21-,22+,29?/m0/s1. The average Bonchev–Trinajstić information content (AvgIpc) is 3.37. The lowest BCUT2D eigenvalue weighted by atomic mass is 9.95. The summed E-state index contributed by atoms with van der Waals surface area (Å²) in [5, 5.41) is 1.04. The Morgan fingerprint density at radius 2 is 2.05 bits per heavy atom. The Morgan fingerprint density at radius 1 is 1.22 bits per heavy atom. The van der Waals surface area contributed by atoms with E-state index in [1.165, 1.54) is 12.8 Å². The van der Waals surface area contributed by atoms with Crippen molar-refractivity contribution in [3.05, 3.63) is 53.3 Å². The number of rotatable bonds is 9. The number of methoxy groups -OCH3 is 1. The zero-order chi connectivity index (χ0) is 28.7. The third kappa shape index (κ3) is 5.45. The van der Waals surface area contributed by atoms with Crippen molar-refractivity contribution >= 4 is 28.5 Å². The molecule has 0 radical (unpaired) electrons. The lowest BCUT2D eigenvalue weighted by molar-refractivity contribution is 0.0739. The molecule has 4 heterocycles. The Balaban J connectivity index is 1.43. The number of nitrogens with two attached hydrogens (primary N) is 2. The van der Waals surface area contributed by atoms with E-state index >= 15 is 0 Å². The molecule has 1 saturated carbocycles. The summed E-state index contributed by atoms with van der Waals surface area (Å²) in [6.45, 7) is 7.13. The fourth-order valence-corrected chi connectivity index (χ4v) is 6.48. The minimum absolute atomic E-state index is 0.0392. The van der Waals surface area contributed by atoms with Gasteiger partial charge in [0.05, 0.1) is 18.5 Å². The number of hydrogen-bond donors (Lipinski definition) is 2. The van der Waals surface area contributed by atoms with Crippen LogP contribution >= 0.6 is 0 Å². The summed E-state index contributed by atoms with van der Waals surface area (Å²) in [7, 11) is 1.65. The number of ether oxygens (including phenoxy) is 2. The van der Waals surface area contributed by atoms with E-state index in [2.05, 4.69) is 28.6 Å². The summed E-state index contributed by atoms with van der Waals surface area (Å²) in [6, 6.07) is 9.72. The summed E-state index contributed by atoms with van der Waals surface area (Å²) in [5.41, 5.74) is 17.2. The van der Waals surface area contributed by atoms with Crippen molar-refractivity contribution in [3.8, 4) is 5.75 Å². The number of hydrogen-bond acceptors (Lipinski definition) is 6. The second-order valence-corrected chi connectivity index (χ2v) is 12.1. The normalized spacial score (nSPS) is 24.9. The van der Waals surface area contributed by atoms with Crippen molar-refractivity contribution in [2.45, 2.75) is 64.6 Å². The summed E-state index contributed by atoms with van der Waals surface area (Å²) < 4.78 is 13.8. The summed E-state index contributed by atoms with van der Waals surface area (Å²) in [5.74, 6) is 2.28. The smallest absolute Gasteiger partial charge is 0.254 e. The van der Waals surface area contributed by atoms with Crippen LogP contribution in [0.5, 0.6) is 5.75 Å². The molecule has 2 aromatic heterocycles. The SMILES string of the molecule is CC[C@@H]1CN(C(=O)c2cc(/N=C(\N)c3cc4cccnc4n3CC3CC3)c(C[C@@H]3CCOC3)c(OC)c2)C(C)C1N. The topological polar surface area (TPSA) is 121 Å². The number of amides is 1. The maximum Gasteiger partial charge on any atom is 0.254 e. The molecule has 41 heavy (non-hydrogen) atoms. The number of benzene rings is 1. The lowest BCUT2D eigenvalue weighted by Crippen LogP contribution is -2.41. The molecule has 0 bridgehead atoms. The average molecular weight is 559 g/mol. The van der Waals surface area contributed by atoms with Gasteiger partial charge in [-0.2, -0.15) is 0 Å². The molecule has 2 unspecified atom stereocenters. The zero-order valence-electron chi connectivity index (χ0n) is 24.4. The van der Waals surface area contributed by atoms with Crippen LogP contribution in [0.25, 0.3) is 11.0 Å². The van der Waals surface area contributed by atoms with E-state index in [-0.39, 0.29) is 23.9 Å². The number of pyridine rings is 1. The van der Waals surface area contributed by atoms with Crippen molar-refractivity contribution in [1.29, 1.82) is 0 Å². The Kier molecular flexibility index (Phi) is 7.74. The van der Waals surface area contributed by atoms with Crippen LogP contribution in [0, 0.1) is 17.8 Å². The van der Waals surface area contributed by atoms with Crippen molar-refractivity contribution < 1.29 is 14.3 Å². The van der Waals surface area contributed by atoms with Gasteiger partial charge in [-0.15, -0.1) is 0 Å². The molecule has 218 valence electrons. The van der Waals surface area contributed by atoms with Gasteiger partial charge in [-0.25, -0.2) is 9.98 Å². The number of nitrogens with zero attached hydrogens (tertiary/aromatic N) is 4. The van der Waals surface area contributed by atoms with Crippen molar-refractivity contribution in [3.63, 3.8) is 0 Å². The number of likely N-dealkylation sites (tertiary alicyclic amines) is 1. The molecule has 6 rings (SSSR count). The quantitative estimate of drug-likeness (QED) is 0.299. The molecule has 2 saturated heterocycles. The van der Waals surface area contributed by atoms with Gasteiger partial charge in [0.1, 0.15) is 17.2 Å². The monoisotopic (exact) mass is 558 g/mol. The molecular weight excluding hydrogens is 516 g/mol. The minimum atomic E-state index is -0.0555. The highest BCUT2D eigenvalue weighted by atomic mass is 16.5. The molecule has 4 atom stereocenters. The molecule has 1 aliphatic carbocycles. The zero-order valence-corrected chi connectivity index (χ0v) is 24.4. The molecule has 3 aliphatic rings. The molecular formula is C32H42N6O3. The minimum Gasteiger partial charge on any atom is -0.496 e. The number of aliphatic imine (C=N–C) groups is 1. The summed E-state index contributed by atoms with van der Waals surface area (Å²) in [6.07, 6.45) is 6.91. The fourth-order valence-electron chi connectivity index (χ4n) is 6.48. The predicted molar refractivity (Wildman–Crippen MR) is 161 cm³/mol. The van der Waals surface area contributed by atoms with E-state index in [0.29, 0.717) is 47.8 Å². The number of aromatic nitrogens is 2. The maximum atomic E-state index is 13.9. The largest absolute Gasteiger partial charge is 0.496 e. The number of fused-ring (bicyclic) bond motifs is 1. The molecule has 0 spiro atoms. The fraction of sp³-hybridized carbons (Fsp3) is 0.531. The Bertz CT molecular complexity index is 1460. The highest BCUT2D eigenvalue weighted by Crippen LogP contribution is 2.37. The molecule has 9 heteroatoms. The van der Waals surface area contributed by atoms with Crippen molar-refractivity contribution in [2.24, 2.45) is 34.2 Å². The van der Waals surface area contributed by atoms with Crippen LogP contribution in [0.3, 0.4) is 0 Å². The third-order valence-electron chi connectivity index (χ3n) is 9.28. The van der Waals surface area contributed by atoms with Gasteiger partial charge in [-0.3, -0.25) is 4.79 Å². The molecule has 9 nitrogen and oxygen atoms in total. The molecule has 1 aromatic carbocycles. The second-order valence-electron chi connectivity index (χ2n) is 12.1. The first kappa shape index (κ1) is 27.7. The lowest BCUT2D eigenvalue weighted by Gasteiger charge is -2.24.